The average Bonchev–Trinajstić information content (AvgIpc) is 2.59. The van der Waals surface area contributed by atoms with Gasteiger partial charge in [0.1, 0.15) is 0 Å². The van der Waals surface area contributed by atoms with Crippen molar-refractivity contribution in [1.82, 2.24) is 4.90 Å². The molecule has 0 aromatic heterocycles. The van der Waals surface area contributed by atoms with Gasteiger partial charge >= 0.3 is 0 Å². The first kappa shape index (κ1) is 12.5. The van der Waals surface area contributed by atoms with Crippen LogP contribution in [0, 0.1) is 11.8 Å². The lowest BCUT2D eigenvalue weighted by Gasteiger charge is -2.23. The molecule has 3 nitrogen and oxygen atoms in total. The second-order valence-corrected chi connectivity index (χ2v) is 4.95. The molecule has 0 saturated carbocycles. The van der Waals surface area contributed by atoms with Crippen molar-refractivity contribution in [3.63, 3.8) is 0 Å². The molecule has 1 aliphatic rings. The molecule has 3 atom stereocenters. The van der Waals surface area contributed by atoms with Gasteiger partial charge in [-0.05, 0) is 31.7 Å². The predicted molar refractivity (Wildman–Crippen MR) is 62.4 cm³/mol. The maximum absolute atomic E-state index is 12.0. The maximum atomic E-state index is 12.0. The first-order valence-corrected chi connectivity index (χ1v) is 6.08. The molecule has 3 heteroatoms. The average molecular weight is 212 g/mol. The highest BCUT2D eigenvalue weighted by Crippen LogP contribution is 2.24. The highest BCUT2D eigenvalue weighted by atomic mass is 16.2. The highest BCUT2D eigenvalue weighted by molar-refractivity contribution is 5.77. The second-order valence-electron chi connectivity index (χ2n) is 4.95. The Labute approximate surface area is 93.0 Å². The van der Waals surface area contributed by atoms with Crippen LogP contribution < -0.4 is 5.73 Å². The minimum Gasteiger partial charge on any atom is -0.340 e. The van der Waals surface area contributed by atoms with Gasteiger partial charge in [-0.2, -0.15) is 0 Å². The molecule has 1 saturated heterocycles. The lowest BCUT2D eigenvalue weighted by atomic mass is 10.0. The molecule has 0 bridgehead atoms. The molecule has 0 aromatic carbocycles. The minimum atomic E-state index is 0.313. The molecule has 1 heterocycles. The van der Waals surface area contributed by atoms with Gasteiger partial charge < -0.3 is 10.6 Å². The van der Waals surface area contributed by atoms with E-state index >= 15 is 0 Å². The van der Waals surface area contributed by atoms with Crippen LogP contribution in [0.25, 0.3) is 0 Å². The van der Waals surface area contributed by atoms with Crippen molar-refractivity contribution in [3.8, 4) is 0 Å². The van der Waals surface area contributed by atoms with Gasteiger partial charge in [-0.25, -0.2) is 0 Å². The van der Waals surface area contributed by atoms with Gasteiger partial charge in [0.15, 0.2) is 0 Å². The van der Waals surface area contributed by atoms with Gasteiger partial charge in [0, 0.05) is 19.0 Å². The SMILES string of the molecule is CCC(C)CC(=O)N1CC(CN)CC1C. The van der Waals surface area contributed by atoms with Gasteiger partial charge in [0.05, 0.1) is 0 Å². The fourth-order valence-corrected chi connectivity index (χ4v) is 2.22. The third-order valence-electron chi connectivity index (χ3n) is 3.54. The summed E-state index contributed by atoms with van der Waals surface area (Å²) in [5.41, 5.74) is 5.65. The summed E-state index contributed by atoms with van der Waals surface area (Å²) in [6, 6.07) is 0.384. The van der Waals surface area contributed by atoms with E-state index in [4.69, 9.17) is 5.73 Å². The second kappa shape index (κ2) is 5.50. The van der Waals surface area contributed by atoms with E-state index in [9.17, 15) is 4.79 Å². The fraction of sp³-hybridized carbons (Fsp3) is 0.917. The molecule has 1 aliphatic heterocycles. The molecule has 1 amide bonds. The van der Waals surface area contributed by atoms with Crippen LogP contribution in [0.15, 0.2) is 0 Å². The number of rotatable bonds is 4. The molecule has 1 rings (SSSR count). The fourth-order valence-electron chi connectivity index (χ4n) is 2.22. The molecule has 0 aliphatic carbocycles. The van der Waals surface area contributed by atoms with Gasteiger partial charge in [-0.3, -0.25) is 4.79 Å². The van der Waals surface area contributed by atoms with E-state index in [0.29, 0.717) is 36.8 Å². The Balaban J connectivity index is 2.46. The van der Waals surface area contributed by atoms with Gasteiger partial charge in [-0.15, -0.1) is 0 Å². The third-order valence-corrected chi connectivity index (χ3v) is 3.54. The Morgan fingerprint density at radius 3 is 2.73 bits per heavy atom. The summed E-state index contributed by atoms with van der Waals surface area (Å²) in [5, 5.41) is 0. The van der Waals surface area contributed by atoms with E-state index in [2.05, 4.69) is 20.8 Å². The van der Waals surface area contributed by atoms with Crippen LogP contribution in [0.3, 0.4) is 0 Å². The number of likely N-dealkylation sites (tertiary alicyclic amines) is 1. The van der Waals surface area contributed by atoms with E-state index in [0.717, 1.165) is 19.4 Å². The number of nitrogens with zero attached hydrogens (tertiary/aromatic N) is 1. The highest BCUT2D eigenvalue weighted by Gasteiger charge is 2.31. The lowest BCUT2D eigenvalue weighted by Crippen LogP contribution is -2.35. The van der Waals surface area contributed by atoms with Gasteiger partial charge in [0.25, 0.3) is 0 Å². The number of hydrogen-bond acceptors (Lipinski definition) is 2. The van der Waals surface area contributed by atoms with Crippen LogP contribution in [0.4, 0.5) is 0 Å². The van der Waals surface area contributed by atoms with Crippen LogP contribution >= 0.6 is 0 Å². The lowest BCUT2D eigenvalue weighted by molar-refractivity contribution is -0.132. The summed E-state index contributed by atoms with van der Waals surface area (Å²) in [4.78, 5) is 14.0. The van der Waals surface area contributed by atoms with Crippen molar-refractivity contribution in [2.24, 2.45) is 17.6 Å². The summed E-state index contributed by atoms with van der Waals surface area (Å²) < 4.78 is 0. The number of carbonyl (C=O) groups excluding carboxylic acids is 1. The number of carbonyl (C=O) groups is 1. The molecule has 2 N–H and O–H groups in total. The molecule has 15 heavy (non-hydrogen) atoms. The van der Waals surface area contributed by atoms with Crippen molar-refractivity contribution in [3.05, 3.63) is 0 Å². The predicted octanol–water partition coefficient (Wildman–Crippen LogP) is 1.62. The van der Waals surface area contributed by atoms with Crippen molar-refractivity contribution in [2.45, 2.75) is 46.1 Å². The van der Waals surface area contributed by atoms with Crippen LogP contribution in [0.5, 0.6) is 0 Å². The Bertz CT molecular complexity index is 218. The molecule has 0 spiro atoms. The van der Waals surface area contributed by atoms with Crippen LogP contribution in [0.2, 0.25) is 0 Å². The van der Waals surface area contributed by atoms with Gasteiger partial charge in [0.2, 0.25) is 5.91 Å². The van der Waals surface area contributed by atoms with Crippen molar-refractivity contribution in [1.29, 1.82) is 0 Å². The summed E-state index contributed by atoms with van der Waals surface area (Å²) >= 11 is 0. The zero-order valence-corrected chi connectivity index (χ0v) is 10.2. The summed E-state index contributed by atoms with van der Waals surface area (Å²) in [7, 11) is 0. The Hall–Kier alpha value is -0.570. The third kappa shape index (κ3) is 3.20. The van der Waals surface area contributed by atoms with E-state index < -0.39 is 0 Å². The van der Waals surface area contributed by atoms with Gasteiger partial charge in [-0.1, -0.05) is 20.3 Å². The Morgan fingerprint density at radius 1 is 1.60 bits per heavy atom. The number of amides is 1. The monoisotopic (exact) mass is 212 g/mol. The molecule has 0 aromatic rings. The standard InChI is InChI=1S/C12H24N2O/c1-4-9(2)5-12(15)14-8-11(7-13)6-10(14)3/h9-11H,4-8,13H2,1-3H3. The van der Waals surface area contributed by atoms with E-state index in [-0.39, 0.29) is 0 Å². The van der Waals surface area contributed by atoms with Crippen LogP contribution in [-0.2, 0) is 4.79 Å². The normalized spacial score (nSPS) is 28.1. The largest absolute Gasteiger partial charge is 0.340 e. The first-order valence-electron chi connectivity index (χ1n) is 6.08. The summed E-state index contributed by atoms with van der Waals surface area (Å²) in [6.45, 7) is 7.97. The topological polar surface area (TPSA) is 46.3 Å². The van der Waals surface area contributed by atoms with Crippen molar-refractivity contribution < 1.29 is 4.79 Å². The van der Waals surface area contributed by atoms with Crippen LogP contribution in [0.1, 0.15) is 40.0 Å². The van der Waals surface area contributed by atoms with E-state index in [1.165, 1.54) is 0 Å². The Morgan fingerprint density at radius 2 is 2.27 bits per heavy atom. The zero-order chi connectivity index (χ0) is 11.4. The quantitative estimate of drug-likeness (QED) is 0.769. The smallest absolute Gasteiger partial charge is 0.223 e. The van der Waals surface area contributed by atoms with Crippen molar-refractivity contribution in [2.75, 3.05) is 13.1 Å². The molecule has 88 valence electrons. The molecule has 1 fully saturated rings. The van der Waals surface area contributed by atoms with E-state index in [1.54, 1.807) is 0 Å². The van der Waals surface area contributed by atoms with Crippen LogP contribution in [-0.4, -0.2) is 29.9 Å². The Kier molecular flexibility index (Phi) is 4.58. The molecule has 3 unspecified atom stereocenters. The molecular weight excluding hydrogens is 188 g/mol. The van der Waals surface area contributed by atoms with E-state index in [1.807, 2.05) is 4.90 Å². The minimum absolute atomic E-state index is 0.313. The summed E-state index contributed by atoms with van der Waals surface area (Å²) in [5.74, 6) is 1.33. The molecule has 0 radical (unpaired) electrons. The first-order chi connectivity index (χ1) is 7.08. The molecular formula is C12H24N2O. The number of hydrogen-bond donors (Lipinski definition) is 1. The zero-order valence-electron chi connectivity index (χ0n) is 10.2. The maximum Gasteiger partial charge on any atom is 0.223 e. The summed E-state index contributed by atoms with van der Waals surface area (Å²) in [6.07, 6.45) is 2.84. The number of nitrogens with two attached hydrogens (primary N) is 1. The van der Waals surface area contributed by atoms with Crippen molar-refractivity contribution >= 4 is 5.91 Å².